The van der Waals surface area contributed by atoms with Crippen molar-refractivity contribution in [2.24, 2.45) is 5.92 Å². The monoisotopic (exact) mass is 228 g/mol. The molecule has 0 heterocycles. The third-order valence-electron chi connectivity index (χ3n) is 2.64. The summed E-state index contributed by atoms with van der Waals surface area (Å²) >= 11 is 0. The lowest BCUT2D eigenvalue weighted by Gasteiger charge is -2.11. The third kappa shape index (κ3) is 8.33. The zero-order valence-corrected chi connectivity index (χ0v) is 10.7. The smallest absolute Gasteiger partial charge is 0.438 e. The Bertz CT molecular complexity index is 199. The Hall–Kier alpha value is -0.990. The van der Waals surface area contributed by atoms with Crippen LogP contribution < -0.4 is 0 Å². The Balaban J connectivity index is 3.58. The van der Waals surface area contributed by atoms with Gasteiger partial charge in [0.15, 0.2) is 0 Å². The molecule has 3 heteroatoms. The summed E-state index contributed by atoms with van der Waals surface area (Å²) in [6, 6.07) is 0. The number of allylic oxidation sites excluding steroid dienone is 1. The zero-order valence-electron chi connectivity index (χ0n) is 10.7. The average molecular weight is 228 g/mol. The summed E-state index contributed by atoms with van der Waals surface area (Å²) in [5, 5.41) is 0. The molecule has 3 nitrogen and oxygen atoms in total. The molecule has 0 amide bonds. The van der Waals surface area contributed by atoms with Crippen molar-refractivity contribution in [3.05, 3.63) is 12.2 Å². The van der Waals surface area contributed by atoms with E-state index in [1.807, 2.05) is 6.08 Å². The molecule has 94 valence electrons. The molecule has 16 heavy (non-hydrogen) atoms. The molecule has 1 unspecified atom stereocenters. The van der Waals surface area contributed by atoms with Crippen LogP contribution in [0.4, 0.5) is 4.79 Å². The quantitative estimate of drug-likeness (QED) is 0.466. The van der Waals surface area contributed by atoms with Crippen molar-refractivity contribution in [3.8, 4) is 0 Å². The minimum atomic E-state index is -0.623. The summed E-state index contributed by atoms with van der Waals surface area (Å²) < 4.78 is 9.10. The minimum absolute atomic E-state index is 0.302. The lowest BCUT2D eigenvalue weighted by Crippen LogP contribution is -2.03. The zero-order chi connectivity index (χ0) is 12.2. The van der Waals surface area contributed by atoms with E-state index in [1.165, 1.54) is 32.8 Å². The Morgan fingerprint density at radius 3 is 2.62 bits per heavy atom. The highest BCUT2D eigenvalue weighted by atomic mass is 16.7. The van der Waals surface area contributed by atoms with Crippen LogP contribution in [0.5, 0.6) is 0 Å². The summed E-state index contributed by atoms with van der Waals surface area (Å²) in [4.78, 5) is 10.6. The van der Waals surface area contributed by atoms with E-state index in [2.05, 4.69) is 24.7 Å². The molecule has 0 radical (unpaired) electrons. The second-order valence-electron chi connectivity index (χ2n) is 3.89. The van der Waals surface area contributed by atoms with Gasteiger partial charge in [0.05, 0.1) is 7.11 Å². The lowest BCUT2D eigenvalue weighted by atomic mass is 9.96. The van der Waals surface area contributed by atoms with Crippen LogP contribution in [0.1, 0.15) is 46.0 Å². The van der Waals surface area contributed by atoms with E-state index in [0.717, 1.165) is 12.3 Å². The van der Waals surface area contributed by atoms with Crippen molar-refractivity contribution >= 4 is 6.16 Å². The van der Waals surface area contributed by atoms with Crippen molar-refractivity contribution in [2.45, 2.75) is 46.0 Å². The number of carbonyl (C=O) groups is 1. The molecule has 0 saturated heterocycles. The first-order valence-corrected chi connectivity index (χ1v) is 6.10. The number of hydrogen-bond acceptors (Lipinski definition) is 3. The van der Waals surface area contributed by atoms with E-state index in [1.54, 1.807) is 0 Å². The summed E-state index contributed by atoms with van der Waals surface area (Å²) in [6.07, 6.45) is 9.47. The van der Waals surface area contributed by atoms with Crippen molar-refractivity contribution in [1.29, 1.82) is 0 Å². The summed E-state index contributed by atoms with van der Waals surface area (Å²) in [5.74, 6) is 0.759. The molecule has 0 aromatic carbocycles. The van der Waals surface area contributed by atoms with Gasteiger partial charge in [-0.05, 0) is 12.3 Å². The predicted molar refractivity (Wildman–Crippen MR) is 65.4 cm³/mol. The van der Waals surface area contributed by atoms with E-state index in [9.17, 15) is 4.79 Å². The minimum Gasteiger partial charge on any atom is -0.438 e. The van der Waals surface area contributed by atoms with Gasteiger partial charge in [-0.25, -0.2) is 4.79 Å². The van der Waals surface area contributed by atoms with Gasteiger partial charge in [-0.15, -0.1) is 0 Å². The molecular formula is C13H24O3. The van der Waals surface area contributed by atoms with Gasteiger partial charge in [-0.1, -0.05) is 51.7 Å². The SMILES string of the molecule is CCCCC(CC)C/C=C\COC(=O)OC. The second kappa shape index (κ2) is 10.5. The third-order valence-corrected chi connectivity index (χ3v) is 2.64. The van der Waals surface area contributed by atoms with Gasteiger partial charge in [-0.2, -0.15) is 0 Å². The molecule has 0 rings (SSSR count). The highest BCUT2D eigenvalue weighted by Crippen LogP contribution is 2.16. The summed E-state index contributed by atoms with van der Waals surface area (Å²) in [6.45, 7) is 4.74. The molecule has 0 aliphatic rings. The molecule has 0 fully saturated rings. The molecule has 0 aromatic heterocycles. The molecule has 0 aromatic rings. The first kappa shape index (κ1) is 15.0. The highest BCUT2D eigenvalue weighted by molar-refractivity contribution is 5.59. The number of hydrogen-bond donors (Lipinski definition) is 0. The number of ether oxygens (including phenoxy) is 2. The maximum Gasteiger partial charge on any atom is 0.508 e. The van der Waals surface area contributed by atoms with Crippen LogP contribution in [-0.4, -0.2) is 19.9 Å². The Kier molecular flexibility index (Phi) is 9.87. The number of carbonyl (C=O) groups excluding carboxylic acids is 1. The molecule has 0 aliphatic heterocycles. The molecule has 0 bridgehead atoms. The molecular weight excluding hydrogens is 204 g/mol. The Morgan fingerprint density at radius 1 is 1.31 bits per heavy atom. The lowest BCUT2D eigenvalue weighted by molar-refractivity contribution is 0.0817. The van der Waals surface area contributed by atoms with Gasteiger partial charge in [-0.3, -0.25) is 0 Å². The average Bonchev–Trinajstić information content (AvgIpc) is 2.32. The fourth-order valence-corrected chi connectivity index (χ4v) is 1.51. The highest BCUT2D eigenvalue weighted by Gasteiger charge is 2.02. The maximum atomic E-state index is 10.6. The molecule has 0 N–H and O–H groups in total. The molecule has 0 aliphatic carbocycles. The second-order valence-corrected chi connectivity index (χ2v) is 3.89. The van der Waals surface area contributed by atoms with E-state index in [-0.39, 0.29) is 0 Å². The van der Waals surface area contributed by atoms with Crippen LogP contribution in [0.3, 0.4) is 0 Å². The fourth-order valence-electron chi connectivity index (χ4n) is 1.51. The van der Waals surface area contributed by atoms with Gasteiger partial charge in [0.2, 0.25) is 0 Å². The van der Waals surface area contributed by atoms with Crippen molar-refractivity contribution in [2.75, 3.05) is 13.7 Å². The Labute approximate surface area is 98.8 Å². The number of unbranched alkanes of at least 4 members (excludes halogenated alkanes) is 1. The van der Waals surface area contributed by atoms with E-state index in [4.69, 9.17) is 4.74 Å². The van der Waals surface area contributed by atoms with Crippen LogP contribution in [-0.2, 0) is 9.47 Å². The van der Waals surface area contributed by atoms with Crippen LogP contribution in [0, 0.1) is 5.92 Å². The molecule has 0 saturated carbocycles. The van der Waals surface area contributed by atoms with Gasteiger partial charge in [0.25, 0.3) is 0 Å². The topological polar surface area (TPSA) is 35.5 Å². The number of rotatable bonds is 8. The van der Waals surface area contributed by atoms with Crippen LogP contribution in [0.15, 0.2) is 12.2 Å². The normalized spacial score (nSPS) is 12.7. The van der Waals surface area contributed by atoms with Gasteiger partial charge >= 0.3 is 6.16 Å². The maximum absolute atomic E-state index is 10.6. The molecule has 1 atom stereocenters. The van der Waals surface area contributed by atoms with E-state index < -0.39 is 6.16 Å². The van der Waals surface area contributed by atoms with Crippen LogP contribution in [0.2, 0.25) is 0 Å². The number of methoxy groups -OCH3 is 1. The van der Waals surface area contributed by atoms with Crippen molar-refractivity contribution in [3.63, 3.8) is 0 Å². The van der Waals surface area contributed by atoms with Gasteiger partial charge in [0.1, 0.15) is 6.61 Å². The largest absolute Gasteiger partial charge is 0.508 e. The molecule has 0 spiro atoms. The van der Waals surface area contributed by atoms with Crippen LogP contribution >= 0.6 is 0 Å². The van der Waals surface area contributed by atoms with E-state index in [0.29, 0.717) is 6.61 Å². The van der Waals surface area contributed by atoms with E-state index >= 15 is 0 Å². The first-order chi connectivity index (χ1) is 7.74. The summed E-state index contributed by atoms with van der Waals surface area (Å²) in [5.41, 5.74) is 0. The predicted octanol–water partition coefficient (Wildman–Crippen LogP) is 3.93. The Morgan fingerprint density at radius 2 is 2.06 bits per heavy atom. The standard InChI is InChI=1S/C13H24O3/c1-4-6-9-12(5-2)10-7-8-11-16-13(14)15-3/h7-8,12H,4-6,9-11H2,1-3H3/b8-7-. The van der Waals surface area contributed by atoms with Crippen LogP contribution in [0.25, 0.3) is 0 Å². The fraction of sp³-hybridized carbons (Fsp3) is 0.769. The first-order valence-electron chi connectivity index (χ1n) is 6.10. The summed E-state index contributed by atoms with van der Waals surface area (Å²) in [7, 11) is 1.31. The van der Waals surface area contributed by atoms with Gasteiger partial charge < -0.3 is 9.47 Å². The van der Waals surface area contributed by atoms with Crippen molar-refractivity contribution < 1.29 is 14.3 Å². The van der Waals surface area contributed by atoms with Gasteiger partial charge in [0, 0.05) is 0 Å². The van der Waals surface area contributed by atoms with Crippen molar-refractivity contribution in [1.82, 2.24) is 0 Å².